The van der Waals surface area contributed by atoms with Crippen LogP contribution in [0.1, 0.15) is 38.5 Å². The van der Waals surface area contributed by atoms with E-state index in [-0.39, 0.29) is 11.9 Å². The minimum atomic E-state index is 0.0590. The van der Waals surface area contributed by atoms with Crippen LogP contribution in [0, 0.1) is 5.92 Å². The fourth-order valence-electron chi connectivity index (χ4n) is 3.76. The summed E-state index contributed by atoms with van der Waals surface area (Å²) in [5.74, 6) is 1.01. The van der Waals surface area contributed by atoms with Gasteiger partial charge in [0, 0.05) is 19.7 Å². The van der Waals surface area contributed by atoms with E-state index in [0.717, 1.165) is 25.4 Å². The molecule has 1 saturated carbocycles. The predicted octanol–water partition coefficient (Wildman–Crippen LogP) is 1.15. The van der Waals surface area contributed by atoms with E-state index in [9.17, 15) is 4.79 Å². The second-order valence-electron chi connectivity index (χ2n) is 6.07. The van der Waals surface area contributed by atoms with Crippen molar-refractivity contribution in [1.82, 2.24) is 10.2 Å². The Morgan fingerprint density at radius 2 is 2.11 bits per heavy atom. The molecule has 18 heavy (non-hydrogen) atoms. The lowest BCUT2D eigenvalue weighted by molar-refractivity contribution is -0.134. The van der Waals surface area contributed by atoms with Crippen LogP contribution in [-0.4, -0.2) is 49.2 Å². The maximum atomic E-state index is 12.5. The number of rotatable bonds is 2. The number of hydrogen-bond donors (Lipinski definition) is 1. The number of fused-ring (bicyclic) bond motifs is 1. The molecule has 0 radical (unpaired) electrons. The molecule has 2 heterocycles. The Morgan fingerprint density at radius 3 is 2.83 bits per heavy atom. The van der Waals surface area contributed by atoms with Crippen LogP contribution < -0.4 is 5.32 Å². The predicted molar refractivity (Wildman–Crippen MR) is 69.3 cm³/mol. The third-order valence-electron chi connectivity index (χ3n) is 4.96. The first-order chi connectivity index (χ1) is 8.75. The highest BCUT2D eigenvalue weighted by Gasteiger charge is 2.40. The van der Waals surface area contributed by atoms with Gasteiger partial charge in [-0.25, -0.2) is 0 Å². The monoisotopic (exact) mass is 252 g/mol. The van der Waals surface area contributed by atoms with Gasteiger partial charge in [-0.1, -0.05) is 12.8 Å². The highest BCUT2D eigenvalue weighted by molar-refractivity contribution is 5.82. The third kappa shape index (κ3) is 2.28. The van der Waals surface area contributed by atoms with E-state index in [1.807, 2.05) is 11.9 Å². The topological polar surface area (TPSA) is 41.6 Å². The van der Waals surface area contributed by atoms with Crippen molar-refractivity contribution >= 4 is 5.91 Å². The second-order valence-corrected chi connectivity index (χ2v) is 6.07. The molecule has 0 aromatic rings. The largest absolute Gasteiger partial charge is 0.379 e. The smallest absolute Gasteiger partial charge is 0.239 e. The first-order valence-corrected chi connectivity index (χ1v) is 7.36. The van der Waals surface area contributed by atoms with E-state index in [1.165, 1.54) is 25.7 Å². The van der Waals surface area contributed by atoms with Crippen LogP contribution in [0.4, 0.5) is 0 Å². The lowest BCUT2D eigenvalue weighted by Gasteiger charge is -2.26. The lowest BCUT2D eigenvalue weighted by Crippen LogP contribution is -2.47. The fourth-order valence-corrected chi connectivity index (χ4v) is 3.76. The standard InChI is InChI=1S/C14H24N2O2/c1-16(11-6-7-18-9-11)14(17)13-8-10-4-2-3-5-12(10)15-13/h10-13,15H,2-9H2,1H3. The van der Waals surface area contributed by atoms with Gasteiger partial charge in [-0.05, 0) is 31.6 Å². The summed E-state index contributed by atoms with van der Waals surface area (Å²) in [5, 5.41) is 3.56. The number of hydrogen-bond acceptors (Lipinski definition) is 3. The second kappa shape index (κ2) is 5.17. The van der Waals surface area contributed by atoms with Gasteiger partial charge in [-0.2, -0.15) is 0 Å². The molecule has 4 atom stereocenters. The number of likely N-dealkylation sites (N-methyl/N-ethyl adjacent to an activating group) is 1. The minimum Gasteiger partial charge on any atom is -0.379 e. The van der Waals surface area contributed by atoms with Gasteiger partial charge in [-0.3, -0.25) is 4.79 Å². The highest BCUT2D eigenvalue weighted by atomic mass is 16.5. The molecule has 1 N–H and O–H groups in total. The summed E-state index contributed by atoms with van der Waals surface area (Å²) in [5.41, 5.74) is 0. The molecule has 0 bridgehead atoms. The molecule has 4 heteroatoms. The third-order valence-corrected chi connectivity index (χ3v) is 4.96. The van der Waals surface area contributed by atoms with Crippen molar-refractivity contribution in [1.29, 1.82) is 0 Å². The van der Waals surface area contributed by atoms with Gasteiger partial charge < -0.3 is 15.0 Å². The number of carbonyl (C=O) groups excluding carboxylic acids is 1. The Bertz CT molecular complexity index is 301. The van der Waals surface area contributed by atoms with Gasteiger partial charge in [-0.15, -0.1) is 0 Å². The van der Waals surface area contributed by atoms with Crippen molar-refractivity contribution < 1.29 is 9.53 Å². The van der Waals surface area contributed by atoms with E-state index in [1.54, 1.807) is 0 Å². The SMILES string of the molecule is CN(C(=O)C1CC2CCCCC2N1)C1CCOC1. The van der Waals surface area contributed by atoms with Crippen molar-refractivity contribution in [3.05, 3.63) is 0 Å². The van der Waals surface area contributed by atoms with Gasteiger partial charge >= 0.3 is 0 Å². The summed E-state index contributed by atoms with van der Waals surface area (Å²) >= 11 is 0. The van der Waals surface area contributed by atoms with Crippen molar-refractivity contribution in [3.8, 4) is 0 Å². The summed E-state index contributed by atoms with van der Waals surface area (Å²) in [6.45, 7) is 1.51. The Kier molecular flexibility index (Phi) is 3.57. The zero-order valence-corrected chi connectivity index (χ0v) is 11.2. The van der Waals surface area contributed by atoms with E-state index in [2.05, 4.69) is 5.32 Å². The fraction of sp³-hybridized carbons (Fsp3) is 0.929. The molecule has 1 amide bonds. The molecular weight excluding hydrogens is 228 g/mol. The molecule has 2 aliphatic heterocycles. The molecule has 0 aromatic carbocycles. The van der Waals surface area contributed by atoms with Crippen LogP contribution in [0.5, 0.6) is 0 Å². The van der Waals surface area contributed by atoms with Crippen molar-refractivity contribution in [2.45, 2.75) is 56.7 Å². The van der Waals surface area contributed by atoms with Crippen LogP contribution in [-0.2, 0) is 9.53 Å². The quantitative estimate of drug-likeness (QED) is 0.801. The van der Waals surface area contributed by atoms with Crippen molar-refractivity contribution in [3.63, 3.8) is 0 Å². The summed E-state index contributed by atoms with van der Waals surface area (Å²) < 4.78 is 5.37. The molecule has 3 rings (SSSR count). The Morgan fingerprint density at radius 1 is 1.28 bits per heavy atom. The molecule has 0 spiro atoms. The summed E-state index contributed by atoms with van der Waals surface area (Å²) in [6, 6.07) is 0.951. The van der Waals surface area contributed by atoms with E-state index >= 15 is 0 Å². The molecule has 0 aromatic heterocycles. The lowest BCUT2D eigenvalue weighted by atomic mass is 9.85. The maximum Gasteiger partial charge on any atom is 0.239 e. The highest BCUT2D eigenvalue weighted by Crippen LogP contribution is 2.33. The zero-order valence-electron chi connectivity index (χ0n) is 11.2. The molecule has 3 aliphatic rings. The zero-order chi connectivity index (χ0) is 12.5. The number of nitrogens with one attached hydrogen (secondary N) is 1. The van der Waals surface area contributed by atoms with Crippen molar-refractivity contribution in [2.75, 3.05) is 20.3 Å². The van der Waals surface area contributed by atoms with Gasteiger partial charge in [0.1, 0.15) is 0 Å². The molecule has 3 fully saturated rings. The molecule has 2 saturated heterocycles. The van der Waals surface area contributed by atoms with Crippen LogP contribution in [0.3, 0.4) is 0 Å². The van der Waals surface area contributed by atoms with Crippen LogP contribution >= 0.6 is 0 Å². The molecule has 102 valence electrons. The van der Waals surface area contributed by atoms with Gasteiger partial charge in [0.05, 0.1) is 18.7 Å². The van der Waals surface area contributed by atoms with Crippen LogP contribution in [0.15, 0.2) is 0 Å². The number of carbonyl (C=O) groups is 1. The van der Waals surface area contributed by atoms with Crippen LogP contribution in [0.2, 0.25) is 0 Å². The summed E-state index contributed by atoms with van der Waals surface area (Å²) in [4.78, 5) is 14.4. The van der Waals surface area contributed by atoms with Crippen LogP contribution in [0.25, 0.3) is 0 Å². The average Bonchev–Trinajstić information content (AvgIpc) is 3.05. The molecule has 4 unspecified atom stereocenters. The van der Waals surface area contributed by atoms with Gasteiger partial charge in [0.2, 0.25) is 5.91 Å². The summed E-state index contributed by atoms with van der Waals surface area (Å²) in [7, 11) is 1.94. The van der Waals surface area contributed by atoms with Crippen molar-refractivity contribution in [2.24, 2.45) is 5.92 Å². The number of ether oxygens (including phenoxy) is 1. The minimum absolute atomic E-state index is 0.0590. The normalized spacial score (nSPS) is 39.6. The average molecular weight is 252 g/mol. The molecule has 4 nitrogen and oxygen atoms in total. The maximum absolute atomic E-state index is 12.5. The van der Waals surface area contributed by atoms with Gasteiger partial charge in [0.15, 0.2) is 0 Å². The number of nitrogens with zero attached hydrogens (tertiary/aromatic N) is 1. The first kappa shape index (κ1) is 12.4. The van der Waals surface area contributed by atoms with E-state index in [0.29, 0.717) is 18.7 Å². The van der Waals surface area contributed by atoms with E-state index in [4.69, 9.17) is 4.74 Å². The van der Waals surface area contributed by atoms with Gasteiger partial charge in [0.25, 0.3) is 0 Å². The number of amides is 1. The molecular formula is C14H24N2O2. The Labute approximate surface area is 109 Å². The Balaban J connectivity index is 1.59. The summed E-state index contributed by atoms with van der Waals surface area (Å²) in [6.07, 6.45) is 7.25. The first-order valence-electron chi connectivity index (χ1n) is 7.36. The van der Waals surface area contributed by atoms with E-state index < -0.39 is 0 Å². The Hall–Kier alpha value is -0.610. The molecule has 1 aliphatic carbocycles.